The Morgan fingerprint density at radius 2 is 1.89 bits per heavy atom. The fraction of sp³-hybridized carbons (Fsp3) is 0.350. The van der Waals surface area contributed by atoms with Crippen molar-refractivity contribution in [2.45, 2.75) is 19.9 Å². The quantitative estimate of drug-likeness (QED) is 0.339. The van der Waals surface area contributed by atoms with Crippen LogP contribution >= 0.6 is 24.0 Å². The van der Waals surface area contributed by atoms with Crippen LogP contribution in [0.4, 0.5) is 4.39 Å². The minimum absolute atomic E-state index is 0. The van der Waals surface area contributed by atoms with E-state index in [1.165, 1.54) is 6.07 Å². The molecule has 0 amide bonds. The molecule has 0 radical (unpaired) electrons. The van der Waals surface area contributed by atoms with Crippen LogP contribution in [0.1, 0.15) is 18.1 Å². The van der Waals surface area contributed by atoms with Crippen LogP contribution in [0.5, 0.6) is 11.5 Å². The van der Waals surface area contributed by atoms with Crippen molar-refractivity contribution in [2.24, 2.45) is 4.99 Å². The van der Waals surface area contributed by atoms with Crippen molar-refractivity contribution in [3.8, 4) is 11.5 Å². The average molecular weight is 487 g/mol. The van der Waals surface area contributed by atoms with Crippen molar-refractivity contribution in [2.75, 3.05) is 27.3 Å². The molecule has 5 nitrogen and oxygen atoms in total. The van der Waals surface area contributed by atoms with E-state index in [4.69, 9.17) is 9.47 Å². The fourth-order valence-corrected chi connectivity index (χ4v) is 2.52. The second-order valence-electron chi connectivity index (χ2n) is 5.65. The van der Waals surface area contributed by atoms with Crippen molar-refractivity contribution in [1.29, 1.82) is 0 Å². The second kappa shape index (κ2) is 12.4. The molecule has 2 N–H and O–H groups in total. The lowest BCUT2D eigenvalue weighted by Crippen LogP contribution is -2.37. The third kappa shape index (κ3) is 7.62. The highest BCUT2D eigenvalue weighted by Gasteiger charge is 2.06. The van der Waals surface area contributed by atoms with Crippen LogP contribution in [0.3, 0.4) is 0 Å². The fourth-order valence-electron chi connectivity index (χ4n) is 2.52. The first kappa shape index (κ1) is 23.0. The second-order valence-corrected chi connectivity index (χ2v) is 5.65. The lowest BCUT2D eigenvalue weighted by molar-refractivity contribution is 0.310. The highest BCUT2D eigenvalue weighted by Crippen LogP contribution is 2.27. The number of nitrogens with one attached hydrogen (secondary N) is 2. The maximum Gasteiger partial charge on any atom is 0.191 e. The van der Waals surface area contributed by atoms with Crippen LogP contribution in [0, 0.1) is 5.82 Å². The topological polar surface area (TPSA) is 54.9 Å². The zero-order chi connectivity index (χ0) is 18.8. The van der Waals surface area contributed by atoms with Gasteiger partial charge in [0.25, 0.3) is 0 Å². The number of hydrogen-bond donors (Lipinski definition) is 2. The van der Waals surface area contributed by atoms with Crippen LogP contribution in [0.25, 0.3) is 0 Å². The number of hydrogen-bond acceptors (Lipinski definition) is 3. The first-order valence-electron chi connectivity index (χ1n) is 8.65. The van der Waals surface area contributed by atoms with Crippen molar-refractivity contribution >= 4 is 29.9 Å². The maximum atomic E-state index is 13.2. The van der Waals surface area contributed by atoms with Crippen molar-refractivity contribution in [3.05, 3.63) is 59.4 Å². The Morgan fingerprint density at radius 3 is 2.56 bits per heavy atom. The molecule has 0 bridgehead atoms. The first-order valence-corrected chi connectivity index (χ1v) is 8.65. The predicted octanol–water partition coefficient (Wildman–Crippen LogP) is 3.76. The molecule has 0 unspecified atom stereocenters. The van der Waals surface area contributed by atoms with Gasteiger partial charge in [0.15, 0.2) is 17.5 Å². The summed E-state index contributed by atoms with van der Waals surface area (Å²) >= 11 is 0. The van der Waals surface area contributed by atoms with Crippen LogP contribution < -0.4 is 20.1 Å². The first-order chi connectivity index (χ1) is 12.7. The van der Waals surface area contributed by atoms with Gasteiger partial charge in [-0.2, -0.15) is 0 Å². The minimum atomic E-state index is -0.213. The zero-order valence-corrected chi connectivity index (χ0v) is 18.3. The van der Waals surface area contributed by atoms with Gasteiger partial charge < -0.3 is 20.1 Å². The Kier molecular flexibility index (Phi) is 10.5. The monoisotopic (exact) mass is 487 g/mol. The molecule has 0 aromatic heterocycles. The molecular formula is C20H27FIN3O2. The van der Waals surface area contributed by atoms with Gasteiger partial charge in [-0.05, 0) is 48.7 Å². The third-order valence-electron chi connectivity index (χ3n) is 3.81. The van der Waals surface area contributed by atoms with Crippen molar-refractivity contribution in [1.82, 2.24) is 10.6 Å². The molecule has 0 saturated heterocycles. The van der Waals surface area contributed by atoms with E-state index in [9.17, 15) is 4.39 Å². The molecule has 0 fully saturated rings. The Bertz CT molecular complexity index is 741. The molecule has 0 spiro atoms. The maximum absolute atomic E-state index is 13.2. The minimum Gasteiger partial charge on any atom is -0.493 e. The predicted molar refractivity (Wildman–Crippen MR) is 118 cm³/mol. The van der Waals surface area contributed by atoms with Gasteiger partial charge in [-0.3, -0.25) is 4.99 Å². The largest absolute Gasteiger partial charge is 0.493 e. The average Bonchev–Trinajstić information content (AvgIpc) is 2.65. The number of guanidine groups is 1. The van der Waals surface area contributed by atoms with Crippen molar-refractivity contribution < 1.29 is 13.9 Å². The van der Waals surface area contributed by atoms with E-state index in [2.05, 4.69) is 15.6 Å². The van der Waals surface area contributed by atoms with Gasteiger partial charge in [-0.15, -0.1) is 24.0 Å². The van der Waals surface area contributed by atoms with Gasteiger partial charge in [-0.25, -0.2) is 4.39 Å². The van der Waals surface area contributed by atoms with Gasteiger partial charge in [0.1, 0.15) is 5.82 Å². The Balaban J connectivity index is 0.00000364. The molecule has 0 aliphatic heterocycles. The highest BCUT2D eigenvalue weighted by atomic mass is 127. The number of ether oxygens (including phenoxy) is 2. The number of benzene rings is 2. The van der Waals surface area contributed by atoms with Crippen LogP contribution in [0.2, 0.25) is 0 Å². The van der Waals surface area contributed by atoms with E-state index in [0.717, 1.165) is 23.3 Å². The lowest BCUT2D eigenvalue weighted by atomic mass is 10.1. The van der Waals surface area contributed by atoms with Crippen LogP contribution in [-0.2, 0) is 13.0 Å². The number of rotatable bonds is 8. The Morgan fingerprint density at radius 1 is 1.07 bits per heavy atom. The highest BCUT2D eigenvalue weighted by molar-refractivity contribution is 14.0. The molecule has 148 valence electrons. The SMILES string of the molecule is CCOc1cc(CNC(=NC)NCCc2cccc(F)c2)ccc1OC.I. The molecule has 27 heavy (non-hydrogen) atoms. The normalized spacial score (nSPS) is 10.7. The van der Waals surface area contributed by atoms with Crippen LogP contribution in [0.15, 0.2) is 47.5 Å². The molecule has 0 aliphatic rings. The molecule has 7 heteroatoms. The number of halogens is 2. The third-order valence-corrected chi connectivity index (χ3v) is 3.81. The zero-order valence-electron chi connectivity index (χ0n) is 15.9. The molecule has 2 aromatic rings. The summed E-state index contributed by atoms with van der Waals surface area (Å²) in [6, 6.07) is 12.4. The van der Waals surface area contributed by atoms with E-state index >= 15 is 0 Å². The number of methoxy groups -OCH3 is 1. The smallest absolute Gasteiger partial charge is 0.191 e. The molecule has 0 heterocycles. The summed E-state index contributed by atoms with van der Waals surface area (Å²) < 4.78 is 24.1. The summed E-state index contributed by atoms with van der Waals surface area (Å²) in [6.45, 7) is 3.78. The Labute approximate surface area is 177 Å². The summed E-state index contributed by atoms with van der Waals surface area (Å²) in [4.78, 5) is 4.21. The molecule has 2 aromatic carbocycles. The Hall–Kier alpha value is -2.03. The summed E-state index contributed by atoms with van der Waals surface area (Å²) in [5, 5.41) is 6.49. The van der Waals surface area contributed by atoms with Gasteiger partial charge >= 0.3 is 0 Å². The van der Waals surface area contributed by atoms with E-state index < -0.39 is 0 Å². The van der Waals surface area contributed by atoms with Crippen molar-refractivity contribution in [3.63, 3.8) is 0 Å². The summed E-state index contributed by atoms with van der Waals surface area (Å²) in [6.07, 6.45) is 0.718. The summed E-state index contributed by atoms with van der Waals surface area (Å²) in [7, 11) is 3.34. The van der Waals surface area contributed by atoms with Gasteiger partial charge in [0.2, 0.25) is 0 Å². The van der Waals surface area contributed by atoms with E-state index in [1.807, 2.05) is 31.2 Å². The molecule has 0 atom stereocenters. The summed E-state index contributed by atoms with van der Waals surface area (Å²) in [5.74, 6) is 1.92. The van der Waals surface area contributed by atoms with Crippen LogP contribution in [-0.4, -0.2) is 33.3 Å². The molecule has 0 saturated carbocycles. The van der Waals surface area contributed by atoms with Gasteiger partial charge in [0, 0.05) is 20.1 Å². The standard InChI is InChI=1S/C20H26FN3O2.HI/c1-4-26-19-13-16(8-9-18(19)25-3)14-24-20(22-2)23-11-10-15-6-5-7-17(21)12-15;/h5-9,12-13H,4,10-11,14H2,1-3H3,(H2,22,23,24);1H. The number of aliphatic imine (C=N–C) groups is 1. The molecular weight excluding hydrogens is 460 g/mol. The number of nitrogens with zero attached hydrogens (tertiary/aromatic N) is 1. The van der Waals surface area contributed by atoms with Gasteiger partial charge in [0.05, 0.1) is 13.7 Å². The summed E-state index contributed by atoms with van der Waals surface area (Å²) in [5.41, 5.74) is 2.01. The molecule has 2 rings (SSSR count). The molecule has 0 aliphatic carbocycles. The van der Waals surface area contributed by atoms with E-state index in [0.29, 0.717) is 31.4 Å². The van der Waals surface area contributed by atoms with E-state index in [1.54, 1.807) is 26.3 Å². The lowest BCUT2D eigenvalue weighted by Gasteiger charge is -2.14. The van der Waals surface area contributed by atoms with E-state index in [-0.39, 0.29) is 29.8 Å². The van der Waals surface area contributed by atoms with Gasteiger partial charge in [-0.1, -0.05) is 18.2 Å².